The van der Waals surface area contributed by atoms with Gasteiger partial charge in [0.05, 0.1) is 26.4 Å². The standard InChI is InChI=1S/C23H21N3O3S2/c1-3-26-20-10-6-7-11-21(20)30-23(26)24-22(27)18-8-4-5-9-19(18)25-31(28,29)17-14-12-16(2)13-15-17/h4-15,25H,3H2,1-2H3. The van der Waals surface area contributed by atoms with Crippen molar-refractivity contribution < 1.29 is 13.2 Å². The maximum absolute atomic E-state index is 13.0. The molecular weight excluding hydrogens is 430 g/mol. The Labute approximate surface area is 184 Å². The van der Waals surface area contributed by atoms with Gasteiger partial charge in [-0.1, -0.05) is 53.3 Å². The number of fused-ring (bicyclic) bond motifs is 1. The number of hydrogen-bond acceptors (Lipinski definition) is 4. The first-order valence-corrected chi connectivity index (χ1v) is 12.0. The second-order valence-electron chi connectivity index (χ2n) is 6.98. The number of sulfonamides is 1. The molecule has 0 atom stereocenters. The topological polar surface area (TPSA) is 80.5 Å². The molecule has 0 saturated carbocycles. The van der Waals surface area contributed by atoms with Gasteiger partial charge in [-0.25, -0.2) is 8.42 Å². The molecule has 4 rings (SSSR count). The van der Waals surface area contributed by atoms with Crippen LogP contribution in [-0.4, -0.2) is 18.9 Å². The third kappa shape index (κ3) is 4.30. The van der Waals surface area contributed by atoms with E-state index in [4.69, 9.17) is 0 Å². The minimum atomic E-state index is -3.84. The summed E-state index contributed by atoms with van der Waals surface area (Å²) in [5.74, 6) is -0.504. The minimum absolute atomic E-state index is 0.130. The lowest BCUT2D eigenvalue weighted by atomic mass is 10.2. The third-order valence-corrected chi connectivity index (χ3v) is 7.28. The van der Waals surface area contributed by atoms with Gasteiger partial charge in [0.15, 0.2) is 4.80 Å². The molecule has 4 aromatic rings. The monoisotopic (exact) mass is 451 g/mol. The number of para-hydroxylation sites is 2. The fourth-order valence-electron chi connectivity index (χ4n) is 3.24. The number of carbonyl (C=O) groups is 1. The Bertz CT molecular complexity index is 1430. The lowest BCUT2D eigenvalue weighted by Gasteiger charge is -2.11. The smallest absolute Gasteiger partial charge is 0.281 e. The van der Waals surface area contributed by atoms with Crippen molar-refractivity contribution in [3.05, 3.63) is 88.7 Å². The van der Waals surface area contributed by atoms with Gasteiger partial charge in [0.2, 0.25) is 0 Å². The molecule has 0 aliphatic rings. The second kappa shape index (κ2) is 8.49. The Kier molecular flexibility index (Phi) is 5.75. The van der Waals surface area contributed by atoms with Crippen LogP contribution in [0.5, 0.6) is 0 Å². The minimum Gasteiger partial charge on any atom is -0.317 e. The fraction of sp³-hybridized carbons (Fsp3) is 0.130. The molecule has 0 fully saturated rings. The first-order chi connectivity index (χ1) is 14.9. The molecule has 158 valence electrons. The highest BCUT2D eigenvalue weighted by Crippen LogP contribution is 2.22. The van der Waals surface area contributed by atoms with Crippen LogP contribution in [0.25, 0.3) is 10.2 Å². The van der Waals surface area contributed by atoms with E-state index in [1.165, 1.54) is 23.5 Å². The highest BCUT2D eigenvalue weighted by atomic mass is 32.2. The van der Waals surface area contributed by atoms with Crippen molar-refractivity contribution in [2.45, 2.75) is 25.3 Å². The summed E-state index contributed by atoms with van der Waals surface area (Å²) < 4.78 is 31.2. The molecule has 0 bridgehead atoms. The summed E-state index contributed by atoms with van der Waals surface area (Å²) in [6, 6.07) is 20.9. The molecule has 1 amide bonds. The summed E-state index contributed by atoms with van der Waals surface area (Å²) in [5, 5.41) is 0. The maximum atomic E-state index is 13.0. The number of rotatable bonds is 5. The van der Waals surface area contributed by atoms with E-state index < -0.39 is 15.9 Å². The molecule has 1 heterocycles. The van der Waals surface area contributed by atoms with Crippen molar-refractivity contribution >= 4 is 43.2 Å². The van der Waals surface area contributed by atoms with Gasteiger partial charge in [0.25, 0.3) is 15.9 Å². The molecule has 0 aliphatic heterocycles. The summed E-state index contributed by atoms with van der Waals surface area (Å²) in [6.45, 7) is 4.54. The zero-order valence-corrected chi connectivity index (χ0v) is 18.7. The van der Waals surface area contributed by atoms with E-state index in [2.05, 4.69) is 9.71 Å². The molecule has 0 spiro atoms. The zero-order valence-electron chi connectivity index (χ0n) is 17.1. The van der Waals surface area contributed by atoms with E-state index in [-0.39, 0.29) is 16.1 Å². The molecule has 1 N–H and O–H groups in total. The Morgan fingerprint density at radius 1 is 1.00 bits per heavy atom. The maximum Gasteiger partial charge on any atom is 0.281 e. The lowest BCUT2D eigenvalue weighted by Crippen LogP contribution is -2.18. The number of aryl methyl sites for hydroxylation is 2. The summed E-state index contributed by atoms with van der Waals surface area (Å²) in [4.78, 5) is 18.1. The number of amides is 1. The zero-order chi connectivity index (χ0) is 22.0. The Morgan fingerprint density at radius 2 is 1.68 bits per heavy atom. The van der Waals surface area contributed by atoms with Crippen LogP contribution in [0.3, 0.4) is 0 Å². The van der Waals surface area contributed by atoms with Gasteiger partial charge in [0.1, 0.15) is 0 Å². The predicted octanol–water partition coefficient (Wildman–Crippen LogP) is 4.57. The van der Waals surface area contributed by atoms with Crippen molar-refractivity contribution in [3.8, 4) is 0 Å². The molecule has 0 unspecified atom stereocenters. The van der Waals surface area contributed by atoms with Gasteiger partial charge < -0.3 is 4.57 Å². The average Bonchev–Trinajstić information content (AvgIpc) is 3.11. The van der Waals surface area contributed by atoms with Crippen LogP contribution in [-0.2, 0) is 16.6 Å². The quantitative estimate of drug-likeness (QED) is 0.483. The molecule has 8 heteroatoms. The lowest BCUT2D eigenvalue weighted by molar-refractivity contribution is 0.0998. The molecular formula is C23H21N3O3S2. The molecule has 6 nitrogen and oxygen atoms in total. The highest BCUT2D eigenvalue weighted by Gasteiger charge is 2.18. The van der Waals surface area contributed by atoms with Crippen LogP contribution in [0.1, 0.15) is 22.8 Å². The number of carbonyl (C=O) groups excluding carboxylic acids is 1. The number of nitrogens with zero attached hydrogens (tertiary/aromatic N) is 2. The first-order valence-electron chi connectivity index (χ1n) is 9.75. The van der Waals surface area contributed by atoms with Gasteiger partial charge in [-0.05, 0) is 50.2 Å². The third-order valence-electron chi connectivity index (χ3n) is 4.83. The van der Waals surface area contributed by atoms with Crippen molar-refractivity contribution in [3.63, 3.8) is 0 Å². The van der Waals surface area contributed by atoms with E-state index in [0.29, 0.717) is 11.3 Å². The molecule has 0 aliphatic carbocycles. The van der Waals surface area contributed by atoms with Gasteiger partial charge in [-0.3, -0.25) is 9.52 Å². The van der Waals surface area contributed by atoms with Crippen LogP contribution in [0, 0.1) is 6.92 Å². The normalized spacial score (nSPS) is 12.3. The van der Waals surface area contributed by atoms with E-state index in [9.17, 15) is 13.2 Å². The Balaban J connectivity index is 1.73. The van der Waals surface area contributed by atoms with Gasteiger partial charge in [-0.15, -0.1) is 0 Å². The molecule has 31 heavy (non-hydrogen) atoms. The van der Waals surface area contributed by atoms with Crippen molar-refractivity contribution in [2.75, 3.05) is 4.72 Å². The fourth-order valence-corrected chi connectivity index (χ4v) is 5.41. The molecule has 0 saturated heterocycles. The van der Waals surface area contributed by atoms with Crippen LogP contribution in [0.2, 0.25) is 0 Å². The Morgan fingerprint density at radius 3 is 2.42 bits per heavy atom. The van der Waals surface area contributed by atoms with E-state index in [1.807, 2.05) is 42.7 Å². The highest BCUT2D eigenvalue weighted by molar-refractivity contribution is 7.92. The number of anilines is 1. The number of nitrogens with one attached hydrogen (secondary N) is 1. The van der Waals surface area contributed by atoms with Gasteiger partial charge in [0, 0.05) is 6.54 Å². The number of benzene rings is 3. The van der Waals surface area contributed by atoms with Crippen LogP contribution in [0.4, 0.5) is 5.69 Å². The summed E-state index contributed by atoms with van der Waals surface area (Å²) >= 11 is 1.43. The van der Waals surface area contributed by atoms with Crippen molar-refractivity contribution in [1.29, 1.82) is 0 Å². The second-order valence-corrected chi connectivity index (χ2v) is 9.67. The summed E-state index contributed by atoms with van der Waals surface area (Å²) in [5.41, 5.74) is 2.36. The number of aromatic nitrogens is 1. The number of hydrogen-bond donors (Lipinski definition) is 1. The van der Waals surface area contributed by atoms with E-state index in [1.54, 1.807) is 36.4 Å². The largest absolute Gasteiger partial charge is 0.317 e. The van der Waals surface area contributed by atoms with Crippen LogP contribution < -0.4 is 9.52 Å². The molecule has 3 aromatic carbocycles. The van der Waals surface area contributed by atoms with E-state index in [0.717, 1.165) is 15.8 Å². The van der Waals surface area contributed by atoms with Crippen molar-refractivity contribution in [2.24, 2.45) is 4.99 Å². The Hall–Kier alpha value is -3.23. The van der Waals surface area contributed by atoms with Crippen LogP contribution in [0.15, 0.2) is 82.7 Å². The average molecular weight is 452 g/mol. The van der Waals surface area contributed by atoms with Crippen molar-refractivity contribution in [1.82, 2.24) is 4.57 Å². The summed E-state index contributed by atoms with van der Waals surface area (Å²) in [7, 11) is -3.84. The predicted molar refractivity (Wildman–Crippen MR) is 124 cm³/mol. The number of thiazole rings is 1. The van der Waals surface area contributed by atoms with Gasteiger partial charge in [-0.2, -0.15) is 4.99 Å². The van der Waals surface area contributed by atoms with E-state index >= 15 is 0 Å². The summed E-state index contributed by atoms with van der Waals surface area (Å²) in [6.07, 6.45) is 0. The SMILES string of the molecule is CCn1c(=NC(=O)c2ccccc2NS(=O)(=O)c2ccc(C)cc2)sc2ccccc21. The van der Waals surface area contributed by atoms with Gasteiger partial charge >= 0.3 is 0 Å². The molecule has 1 aromatic heterocycles. The molecule has 0 radical (unpaired) electrons. The first kappa shape index (κ1) is 21.0. The van der Waals surface area contributed by atoms with Crippen LogP contribution >= 0.6 is 11.3 Å².